The Labute approximate surface area is 99.4 Å². The first-order valence-electron chi connectivity index (χ1n) is 5.65. The van der Waals surface area contributed by atoms with Gasteiger partial charge in [0.2, 0.25) is 0 Å². The van der Waals surface area contributed by atoms with E-state index in [1.54, 1.807) is 0 Å². The third kappa shape index (κ3) is 1.42. The summed E-state index contributed by atoms with van der Waals surface area (Å²) in [5, 5.41) is 9.53. The Bertz CT molecular complexity index is 555. The van der Waals surface area contributed by atoms with E-state index in [0.717, 1.165) is 23.4 Å². The molecule has 0 unspecified atom stereocenters. The maximum atomic E-state index is 6.16. The van der Waals surface area contributed by atoms with Crippen LogP contribution in [0.3, 0.4) is 0 Å². The fraction of sp³-hybridized carbons (Fsp3) is 0.500. The van der Waals surface area contributed by atoms with E-state index in [-0.39, 0.29) is 0 Å². The zero-order chi connectivity index (χ0) is 11.3. The molecule has 3 nitrogen and oxygen atoms in total. The van der Waals surface area contributed by atoms with Gasteiger partial charge in [-0.15, -0.1) is 5.10 Å². The molecule has 0 amide bonds. The molecule has 1 aliphatic rings. The number of nitrogens with zero attached hydrogens (tertiary/aromatic N) is 3. The van der Waals surface area contributed by atoms with Crippen molar-refractivity contribution in [1.29, 1.82) is 0 Å². The van der Waals surface area contributed by atoms with Crippen molar-refractivity contribution in [3.63, 3.8) is 0 Å². The number of aryl methyl sites for hydroxylation is 1. The van der Waals surface area contributed by atoms with Crippen molar-refractivity contribution in [2.24, 2.45) is 5.92 Å². The van der Waals surface area contributed by atoms with Gasteiger partial charge < -0.3 is 4.57 Å². The SMILES string of the molecule is Cc1c(C)n(CC2CC2)c2c(Cl)nncc12. The minimum atomic E-state index is 0.523. The summed E-state index contributed by atoms with van der Waals surface area (Å²) in [6.45, 7) is 5.34. The van der Waals surface area contributed by atoms with Gasteiger partial charge in [0.1, 0.15) is 0 Å². The lowest BCUT2D eigenvalue weighted by Gasteiger charge is -2.07. The molecule has 2 aromatic rings. The van der Waals surface area contributed by atoms with Crippen LogP contribution in [0.5, 0.6) is 0 Å². The third-order valence-electron chi connectivity index (χ3n) is 3.54. The molecule has 2 heterocycles. The predicted octanol–water partition coefficient (Wildman–Crippen LogP) is 3.11. The molecule has 84 valence electrons. The van der Waals surface area contributed by atoms with Crippen molar-refractivity contribution in [2.45, 2.75) is 33.2 Å². The van der Waals surface area contributed by atoms with Gasteiger partial charge in [-0.05, 0) is 38.2 Å². The normalized spacial score (nSPS) is 15.9. The van der Waals surface area contributed by atoms with E-state index in [9.17, 15) is 0 Å². The highest BCUT2D eigenvalue weighted by Gasteiger charge is 2.24. The Balaban J connectivity index is 2.27. The number of hydrogen-bond acceptors (Lipinski definition) is 2. The van der Waals surface area contributed by atoms with E-state index in [4.69, 9.17) is 11.6 Å². The molecule has 0 spiro atoms. The van der Waals surface area contributed by atoms with Crippen LogP contribution in [-0.4, -0.2) is 14.8 Å². The molecule has 0 aliphatic heterocycles. The van der Waals surface area contributed by atoms with Crippen LogP contribution in [0.1, 0.15) is 24.1 Å². The molecule has 2 aromatic heterocycles. The van der Waals surface area contributed by atoms with Crippen LogP contribution in [0.25, 0.3) is 10.9 Å². The standard InChI is InChI=1S/C12H14ClN3/c1-7-8(2)16(6-9-3-4-9)11-10(7)5-14-15-12(11)13/h5,9H,3-4,6H2,1-2H3. The lowest BCUT2D eigenvalue weighted by atomic mass is 10.2. The minimum absolute atomic E-state index is 0.523. The summed E-state index contributed by atoms with van der Waals surface area (Å²) in [6, 6.07) is 0. The largest absolute Gasteiger partial charge is 0.342 e. The zero-order valence-corrected chi connectivity index (χ0v) is 10.3. The topological polar surface area (TPSA) is 30.7 Å². The van der Waals surface area contributed by atoms with E-state index in [1.165, 1.54) is 24.1 Å². The first-order chi connectivity index (χ1) is 7.68. The van der Waals surface area contributed by atoms with E-state index >= 15 is 0 Å². The van der Waals surface area contributed by atoms with Crippen molar-refractivity contribution in [3.8, 4) is 0 Å². The smallest absolute Gasteiger partial charge is 0.175 e. The van der Waals surface area contributed by atoms with Crippen LogP contribution in [0.2, 0.25) is 5.15 Å². The van der Waals surface area contributed by atoms with E-state index in [1.807, 2.05) is 6.20 Å². The predicted molar refractivity (Wildman–Crippen MR) is 64.7 cm³/mol. The number of fused-ring (bicyclic) bond motifs is 1. The summed E-state index contributed by atoms with van der Waals surface area (Å²) in [7, 11) is 0. The van der Waals surface area contributed by atoms with Crippen LogP contribution in [-0.2, 0) is 6.54 Å². The summed E-state index contributed by atoms with van der Waals surface area (Å²) < 4.78 is 2.30. The van der Waals surface area contributed by atoms with Gasteiger partial charge in [0.15, 0.2) is 5.15 Å². The molecule has 0 saturated heterocycles. The summed E-state index contributed by atoms with van der Waals surface area (Å²) in [6.07, 6.45) is 4.50. The van der Waals surface area contributed by atoms with Crippen LogP contribution < -0.4 is 0 Å². The number of hydrogen-bond donors (Lipinski definition) is 0. The monoisotopic (exact) mass is 235 g/mol. The summed E-state index contributed by atoms with van der Waals surface area (Å²) in [5.74, 6) is 0.831. The Morgan fingerprint density at radius 2 is 2.19 bits per heavy atom. The lowest BCUT2D eigenvalue weighted by molar-refractivity contribution is 0.631. The van der Waals surface area contributed by atoms with Crippen molar-refractivity contribution in [3.05, 3.63) is 22.6 Å². The first kappa shape index (κ1) is 10.1. The Morgan fingerprint density at radius 3 is 2.88 bits per heavy atom. The second-order valence-electron chi connectivity index (χ2n) is 4.66. The molecule has 1 saturated carbocycles. The molecule has 0 N–H and O–H groups in total. The van der Waals surface area contributed by atoms with Crippen molar-refractivity contribution in [2.75, 3.05) is 0 Å². The summed E-state index contributed by atoms with van der Waals surface area (Å²) >= 11 is 6.16. The molecular weight excluding hydrogens is 222 g/mol. The molecule has 0 radical (unpaired) electrons. The number of halogens is 1. The van der Waals surface area contributed by atoms with Crippen LogP contribution >= 0.6 is 11.6 Å². The third-order valence-corrected chi connectivity index (χ3v) is 3.80. The van der Waals surface area contributed by atoms with Crippen molar-refractivity contribution in [1.82, 2.24) is 14.8 Å². The molecular formula is C12H14ClN3. The highest BCUT2D eigenvalue weighted by atomic mass is 35.5. The van der Waals surface area contributed by atoms with Gasteiger partial charge in [0, 0.05) is 17.6 Å². The molecule has 16 heavy (non-hydrogen) atoms. The molecule has 0 atom stereocenters. The van der Waals surface area contributed by atoms with Crippen LogP contribution in [0.15, 0.2) is 6.20 Å². The quantitative estimate of drug-likeness (QED) is 0.801. The zero-order valence-electron chi connectivity index (χ0n) is 9.50. The maximum absolute atomic E-state index is 6.16. The molecule has 0 bridgehead atoms. The number of rotatable bonds is 2. The number of aromatic nitrogens is 3. The van der Waals surface area contributed by atoms with Crippen molar-refractivity contribution < 1.29 is 0 Å². The second kappa shape index (κ2) is 3.45. The maximum Gasteiger partial charge on any atom is 0.175 e. The Hall–Kier alpha value is -1.09. The van der Waals surface area contributed by atoms with Gasteiger partial charge in [-0.3, -0.25) is 0 Å². The molecule has 0 aromatic carbocycles. The first-order valence-corrected chi connectivity index (χ1v) is 6.03. The van der Waals surface area contributed by atoms with Gasteiger partial charge in [-0.2, -0.15) is 5.10 Å². The molecule has 1 fully saturated rings. The summed E-state index contributed by atoms with van der Waals surface area (Å²) in [4.78, 5) is 0. The summed E-state index contributed by atoms with van der Waals surface area (Å²) in [5.41, 5.74) is 3.62. The van der Waals surface area contributed by atoms with Gasteiger partial charge in [0.05, 0.1) is 11.7 Å². The fourth-order valence-electron chi connectivity index (χ4n) is 2.24. The molecule has 4 heteroatoms. The lowest BCUT2D eigenvalue weighted by Crippen LogP contribution is -2.02. The average molecular weight is 236 g/mol. The van der Waals surface area contributed by atoms with E-state index < -0.39 is 0 Å². The van der Waals surface area contributed by atoms with Gasteiger partial charge >= 0.3 is 0 Å². The van der Waals surface area contributed by atoms with Gasteiger partial charge in [0.25, 0.3) is 0 Å². The highest BCUT2D eigenvalue weighted by molar-refractivity contribution is 6.33. The second-order valence-corrected chi connectivity index (χ2v) is 5.02. The highest BCUT2D eigenvalue weighted by Crippen LogP contribution is 2.35. The van der Waals surface area contributed by atoms with Crippen molar-refractivity contribution >= 4 is 22.5 Å². The Kier molecular flexibility index (Phi) is 2.18. The van der Waals surface area contributed by atoms with Crippen LogP contribution in [0, 0.1) is 19.8 Å². The van der Waals surface area contributed by atoms with Crippen LogP contribution in [0.4, 0.5) is 0 Å². The Morgan fingerprint density at radius 1 is 1.44 bits per heavy atom. The minimum Gasteiger partial charge on any atom is -0.342 e. The molecule has 3 rings (SSSR count). The van der Waals surface area contributed by atoms with E-state index in [0.29, 0.717) is 5.15 Å². The average Bonchev–Trinajstić information content (AvgIpc) is 3.04. The van der Waals surface area contributed by atoms with Gasteiger partial charge in [-0.1, -0.05) is 11.6 Å². The fourth-order valence-corrected chi connectivity index (χ4v) is 2.49. The molecule has 1 aliphatic carbocycles. The van der Waals surface area contributed by atoms with E-state index in [2.05, 4.69) is 28.6 Å². The van der Waals surface area contributed by atoms with Gasteiger partial charge in [-0.25, -0.2) is 0 Å².